The third kappa shape index (κ3) is 8.59. The molecular weight excluding hydrogens is 577 g/mol. The quantitative estimate of drug-likeness (QED) is 0.205. The van der Waals surface area contributed by atoms with Gasteiger partial charge in [-0.25, -0.2) is 14.0 Å². The third-order valence-corrected chi connectivity index (χ3v) is 7.58. The van der Waals surface area contributed by atoms with E-state index in [1.54, 1.807) is 45.0 Å². The molecule has 0 spiro atoms. The van der Waals surface area contributed by atoms with Gasteiger partial charge in [0.2, 0.25) is 0 Å². The van der Waals surface area contributed by atoms with Gasteiger partial charge in [0, 0.05) is 18.2 Å². The number of benzene rings is 2. The molecule has 1 fully saturated rings. The summed E-state index contributed by atoms with van der Waals surface area (Å²) in [5.41, 5.74) is 6.51. The van der Waals surface area contributed by atoms with Crippen LogP contribution in [0.5, 0.6) is 0 Å². The first-order valence-electron chi connectivity index (χ1n) is 15.3. The minimum Gasteiger partial charge on any atom is -0.461 e. The molecule has 1 atom stereocenters. The first-order chi connectivity index (χ1) is 21.2. The number of esters is 1. The molecule has 1 unspecified atom stereocenters. The predicted molar refractivity (Wildman–Crippen MR) is 170 cm³/mol. The zero-order chi connectivity index (χ0) is 32.9. The molecule has 2 aromatic carbocycles. The molecule has 10 heteroatoms. The van der Waals surface area contributed by atoms with Crippen LogP contribution in [-0.4, -0.2) is 45.1 Å². The van der Waals surface area contributed by atoms with Crippen molar-refractivity contribution in [3.05, 3.63) is 93.5 Å². The summed E-state index contributed by atoms with van der Waals surface area (Å²) in [5, 5.41) is 0. The van der Waals surface area contributed by atoms with Crippen molar-refractivity contribution in [3.8, 4) is 5.69 Å². The van der Waals surface area contributed by atoms with Crippen LogP contribution in [0.25, 0.3) is 5.69 Å². The molecule has 1 amide bonds. The van der Waals surface area contributed by atoms with E-state index in [1.807, 2.05) is 13.8 Å². The largest absolute Gasteiger partial charge is 0.461 e. The summed E-state index contributed by atoms with van der Waals surface area (Å²) in [4.78, 5) is 54.4. The monoisotopic (exact) mass is 619 g/mol. The predicted octanol–water partition coefficient (Wildman–Crippen LogP) is 6.43. The molecule has 3 aromatic rings. The number of anilines is 1. The van der Waals surface area contributed by atoms with Crippen molar-refractivity contribution in [1.29, 1.82) is 0 Å². The molecule has 2 N–H and O–H groups in total. The maximum Gasteiger partial charge on any atom is 0.411 e. The fraction of sp³-hybridized carbons (Fsp3) is 0.429. The lowest BCUT2D eigenvalue weighted by atomic mass is 10.0. The van der Waals surface area contributed by atoms with Gasteiger partial charge in [0.05, 0.1) is 11.3 Å². The molecular formula is C35H42FN3O6. The van der Waals surface area contributed by atoms with Gasteiger partial charge in [-0.05, 0) is 107 Å². The summed E-state index contributed by atoms with van der Waals surface area (Å²) in [5.74, 6) is -1.34. The second-order valence-electron chi connectivity index (χ2n) is 12.9. The molecule has 1 saturated carbocycles. The van der Waals surface area contributed by atoms with E-state index in [1.165, 1.54) is 45.9 Å². The van der Waals surface area contributed by atoms with Crippen molar-refractivity contribution in [2.24, 2.45) is 5.92 Å². The van der Waals surface area contributed by atoms with Crippen molar-refractivity contribution in [2.45, 2.75) is 91.0 Å². The molecule has 1 aromatic heterocycles. The number of carbonyl (C=O) groups is 3. The average Bonchev–Trinajstić information content (AvgIpc) is 3.48. The Morgan fingerprint density at radius 3 is 2.18 bits per heavy atom. The summed E-state index contributed by atoms with van der Waals surface area (Å²) in [6.45, 7) is 9.32. The van der Waals surface area contributed by atoms with E-state index in [2.05, 4.69) is 0 Å². The summed E-state index contributed by atoms with van der Waals surface area (Å²) >= 11 is 0. The molecule has 0 saturated heterocycles. The number of nitrogens with zero attached hydrogens (tertiary/aromatic N) is 2. The highest BCUT2D eigenvalue weighted by molar-refractivity contribution is 6.11. The first kappa shape index (κ1) is 33.4. The Morgan fingerprint density at radius 2 is 1.60 bits per heavy atom. The van der Waals surface area contributed by atoms with Crippen LogP contribution in [0.3, 0.4) is 0 Å². The van der Waals surface area contributed by atoms with Crippen LogP contribution in [0.15, 0.2) is 65.5 Å². The zero-order valence-corrected chi connectivity index (χ0v) is 26.5. The smallest absolute Gasteiger partial charge is 0.411 e. The third-order valence-electron chi connectivity index (χ3n) is 7.58. The van der Waals surface area contributed by atoms with Crippen molar-refractivity contribution in [3.63, 3.8) is 0 Å². The van der Waals surface area contributed by atoms with E-state index in [0.29, 0.717) is 17.7 Å². The highest BCUT2D eigenvalue weighted by Gasteiger charge is 2.36. The summed E-state index contributed by atoms with van der Waals surface area (Å²) in [6, 6.07) is 13.6. The normalized spacial score (nSPS) is 14.3. The number of pyridine rings is 1. The highest BCUT2D eigenvalue weighted by Crippen LogP contribution is 2.26. The van der Waals surface area contributed by atoms with Crippen LogP contribution in [0, 0.1) is 11.7 Å². The lowest BCUT2D eigenvalue weighted by molar-refractivity contribution is -0.156. The number of amides is 1. The molecule has 240 valence electrons. The SMILES string of the molecule is CC(C)CC(C(=O)OC1CCCC1)N(Cc1ccc(-n2c(N)c(C(=O)c3ccc(F)cc3)ccc2=O)cc1)C(=O)OC(C)(C)C. The minimum absolute atomic E-state index is 0.0554. The first-order valence-corrected chi connectivity index (χ1v) is 15.3. The van der Waals surface area contributed by atoms with Gasteiger partial charge in [0.1, 0.15) is 29.4 Å². The standard InChI is InChI=1S/C35H42FN3O6/c1-22(2)20-29(33(42)44-27-8-6-7-9-27)38(34(43)45-35(3,4)5)21-23-10-16-26(17-11-23)39-30(40)19-18-28(32(39)37)31(41)24-12-14-25(36)15-13-24/h10-19,22,27,29H,6-9,20-21,37H2,1-5H3. The van der Waals surface area contributed by atoms with E-state index in [9.17, 15) is 23.6 Å². The van der Waals surface area contributed by atoms with Crippen molar-refractivity contribution in [1.82, 2.24) is 9.47 Å². The molecule has 0 aliphatic heterocycles. The molecule has 1 aliphatic carbocycles. The molecule has 9 nitrogen and oxygen atoms in total. The van der Waals surface area contributed by atoms with Gasteiger partial charge in [-0.15, -0.1) is 0 Å². The number of aromatic nitrogens is 1. The van der Waals surface area contributed by atoms with Gasteiger partial charge in [0.25, 0.3) is 5.56 Å². The van der Waals surface area contributed by atoms with E-state index >= 15 is 0 Å². The zero-order valence-electron chi connectivity index (χ0n) is 26.5. The second-order valence-corrected chi connectivity index (χ2v) is 12.9. The summed E-state index contributed by atoms with van der Waals surface area (Å²) in [6.07, 6.45) is 3.25. The number of halogens is 1. The number of nitrogen functional groups attached to an aromatic ring is 1. The van der Waals surface area contributed by atoms with Crippen LogP contribution >= 0.6 is 0 Å². The van der Waals surface area contributed by atoms with E-state index in [0.717, 1.165) is 25.7 Å². The van der Waals surface area contributed by atoms with Gasteiger partial charge >= 0.3 is 12.1 Å². The lowest BCUT2D eigenvalue weighted by Gasteiger charge is -2.34. The minimum atomic E-state index is -0.854. The van der Waals surface area contributed by atoms with Gasteiger partial charge < -0.3 is 15.2 Å². The molecule has 4 rings (SSSR count). The Morgan fingerprint density at radius 1 is 0.978 bits per heavy atom. The Labute approximate surface area is 263 Å². The van der Waals surface area contributed by atoms with Gasteiger partial charge in [0.15, 0.2) is 5.78 Å². The summed E-state index contributed by atoms with van der Waals surface area (Å²) in [7, 11) is 0. The number of hydrogen-bond acceptors (Lipinski definition) is 7. The van der Waals surface area contributed by atoms with E-state index in [-0.39, 0.29) is 35.5 Å². The van der Waals surface area contributed by atoms with Crippen molar-refractivity contribution < 1.29 is 28.2 Å². The number of hydrogen-bond donors (Lipinski definition) is 1. The number of carbonyl (C=O) groups excluding carboxylic acids is 3. The Kier molecular flexibility index (Phi) is 10.5. The van der Waals surface area contributed by atoms with Crippen LogP contribution in [0.2, 0.25) is 0 Å². The van der Waals surface area contributed by atoms with Crippen molar-refractivity contribution >= 4 is 23.7 Å². The van der Waals surface area contributed by atoms with Gasteiger partial charge in [-0.2, -0.15) is 0 Å². The number of ketones is 1. The maximum absolute atomic E-state index is 13.5. The number of nitrogens with two attached hydrogens (primary N) is 1. The van der Waals surface area contributed by atoms with Crippen LogP contribution in [0.1, 0.15) is 88.2 Å². The average molecular weight is 620 g/mol. The molecule has 1 aliphatic rings. The highest BCUT2D eigenvalue weighted by atomic mass is 19.1. The fourth-order valence-corrected chi connectivity index (χ4v) is 5.38. The maximum atomic E-state index is 13.5. The number of rotatable bonds is 10. The summed E-state index contributed by atoms with van der Waals surface area (Å²) < 4.78 is 26.2. The van der Waals surface area contributed by atoms with Crippen LogP contribution < -0.4 is 11.3 Å². The Bertz CT molecular complexity index is 1570. The fourth-order valence-electron chi connectivity index (χ4n) is 5.38. The lowest BCUT2D eigenvalue weighted by Crippen LogP contribution is -2.48. The topological polar surface area (TPSA) is 121 Å². The molecule has 45 heavy (non-hydrogen) atoms. The molecule has 0 bridgehead atoms. The van der Waals surface area contributed by atoms with E-state index in [4.69, 9.17) is 15.2 Å². The number of ether oxygens (including phenoxy) is 2. The van der Waals surface area contributed by atoms with Crippen LogP contribution in [0.4, 0.5) is 15.0 Å². The molecule has 1 heterocycles. The Balaban J connectivity index is 1.64. The molecule has 0 radical (unpaired) electrons. The Hall–Kier alpha value is -4.47. The second kappa shape index (κ2) is 14.1. The van der Waals surface area contributed by atoms with Gasteiger partial charge in [-0.1, -0.05) is 26.0 Å². The van der Waals surface area contributed by atoms with Crippen molar-refractivity contribution in [2.75, 3.05) is 5.73 Å². The van der Waals surface area contributed by atoms with Crippen LogP contribution in [-0.2, 0) is 20.8 Å². The van der Waals surface area contributed by atoms with Gasteiger partial charge in [-0.3, -0.25) is 19.1 Å². The van der Waals surface area contributed by atoms with E-state index < -0.39 is 40.9 Å².